The third-order valence-corrected chi connectivity index (χ3v) is 6.63. The van der Waals surface area contributed by atoms with E-state index < -0.39 is 11.9 Å². The lowest BCUT2D eigenvalue weighted by Gasteiger charge is -2.17. The number of aryl methyl sites for hydroxylation is 2. The summed E-state index contributed by atoms with van der Waals surface area (Å²) in [6.45, 7) is 5.65. The highest BCUT2D eigenvalue weighted by Crippen LogP contribution is 2.35. The summed E-state index contributed by atoms with van der Waals surface area (Å²) >= 11 is 1.47. The molecule has 1 amide bonds. The summed E-state index contributed by atoms with van der Waals surface area (Å²) in [5.74, 6) is -0.695. The highest BCUT2D eigenvalue weighted by molar-refractivity contribution is 7.18. The molecule has 1 N–H and O–H groups in total. The third-order valence-electron chi connectivity index (χ3n) is 5.48. The van der Waals surface area contributed by atoms with Crippen LogP contribution in [0.4, 0.5) is 5.69 Å². The van der Waals surface area contributed by atoms with Gasteiger partial charge in [-0.15, -0.1) is 11.3 Å². The second-order valence-corrected chi connectivity index (χ2v) is 9.08. The van der Waals surface area contributed by atoms with E-state index in [0.717, 1.165) is 39.8 Å². The molecular formula is C23H25N3O4S. The monoisotopic (exact) mass is 439 g/mol. The molecule has 0 radical (unpaired) electrons. The molecule has 0 saturated heterocycles. The molecule has 0 bridgehead atoms. The predicted molar refractivity (Wildman–Crippen MR) is 121 cm³/mol. The molecule has 2 heterocycles. The second-order valence-electron chi connectivity index (χ2n) is 8.00. The first-order valence-electron chi connectivity index (χ1n) is 10.5. The van der Waals surface area contributed by atoms with Gasteiger partial charge in [0, 0.05) is 10.6 Å². The number of hydrogen-bond donors (Lipinski definition) is 1. The lowest BCUT2D eigenvalue weighted by atomic mass is 9.89. The SMILES string of the molecule is CCOC(=O)c1nc2sc3c(c2c(=O)n1CC(=O)Nc1cccc(C)c1)CCC(C)C3. The molecule has 8 heteroatoms. The van der Waals surface area contributed by atoms with Crippen molar-refractivity contribution >= 4 is 39.1 Å². The fourth-order valence-electron chi connectivity index (χ4n) is 3.99. The molecule has 7 nitrogen and oxygen atoms in total. The van der Waals surface area contributed by atoms with Crippen LogP contribution in [0.1, 0.15) is 46.9 Å². The zero-order chi connectivity index (χ0) is 22.1. The molecule has 0 fully saturated rings. The summed E-state index contributed by atoms with van der Waals surface area (Å²) in [4.78, 5) is 44.9. The molecule has 4 rings (SSSR count). The Morgan fingerprint density at radius 3 is 2.90 bits per heavy atom. The topological polar surface area (TPSA) is 90.3 Å². The van der Waals surface area contributed by atoms with Crippen LogP contribution in [0.2, 0.25) is 0 Å². The maximum absolute atomic E-state index is 13.5. The van der Waals surface area contributed by atoms with Crippen LogP contribution < -0.4 is 10.9 Å². The van der Waals surface area contributed by atoms with Crippen molar-refractivity contribution in [3.63, 3.8) is 0 Å². The third kappa shape index (κ3) is 4.25. The number of rotatable bonds is 5. The second kappa shape index (κ2) is 8.63. The van der Waals surface area contributed by atoms with Crippen molar-refractivity contribution in [2.45, 2.75) is 46.6 Å². The molecule has 31 heavy (non-hydrogen) atoms. The summed E-state index contributed by atoms with van der Waals surface area (Å²) in [7, 11) is 0. The number of amides is 1. The van der Waals surface area contributed by atoms with Gasteiger partial charge in [0.1, 0.15) is 11.4 Å². The number of anilines is 1. The lowest BCUT2D eigenvalue weighted by Crippen LogP contribution is -2.33. The van der Waals surface area contributed by atoms with Gasteiger partial charge in [-0.2, -0.15) is 0 Å². The Kier molecular flexibility index (Phi) is 5.91. The maximum Gasteiger partial charge on any atom is 0.374 e. The first kappa shape index (κ1) is 21.2. The van der Waals surface area contributed by atoms with Crippen LogP contribution in [0.25, 0.3) is 10.2 Å². The molecule has 1 aliphatic rings. The molecule has 1 aliphatic carbocycles. The van der Waals surface area contributed by atoms with E-state index in [9.17, 15) is 14.4 Å². The average molecular weight is 440 g/mol. The molecule has 1 atom stereocenters. The van der Waals surface area contributed by atoms with Crippen LogP contribution in [0.15, 0.2) is 29.1 Å². The first-order valence-corrected chi connectivity index (χ1v) is 11.3. The largest absolute Gasteiger partial charge is 0.460 e. The number of nitrogens with zero attached hydrogens (tertiary/aromatic N) is 2. The highest BCUT2D eigenvalue weighted by Gasteiger charge is 2.27. The van der Waals surface area contributed by atoms with E-state index >= 15 is 0 Å². The van der Waals surface area contributed by atoms with E-state index in [-0.39, 0.29) is 24.5 Å². The molecule has 1 unspecified atom stereocenters. The fourth-order valence-corrected chi connectivity index (χ4v) is 5.36. The van der Waals surface area contributed by atoms with E-state index in [1.807, 2.05) is 25.1 Å². The molecule has 3 aromatic rings. The molecule has 0 saturated carbocycles. The Bertz CT molecular complexity index is 1230. The number of esters is 1. The summed E-state index contributed by atoms with van der Waals surface area (Å²) in [6.07, 6.45) is 2.71. The smallest absolute Gasteiger partial charge is 0.374 e. The number of thiophene rings is 1. The predicted octanol–water partition coefficient (Wildman–Crippen LogP) is 3.71. The summed E-state index contributed by atoms with van der Waals surface area (Å²) in [5.41, 5.74) is 2.29. The van der Waals surface area contributed by atoms with Crippen LogP contribution in [-0.2, 0) is 28.9 Å². The van der Waals surface area contributed by atoms with E-state index in [4.69, 9.17) is 4.74 Å². The zero-order valence-corrected chi connectivity index (χ0v) is 18.7. The van der Waals surface area contributed by atoms with Gasteiger partial charge in [0.2, 0.25) is 11.7 Å². The van der Waals surface area contributed by atoms with Gasteiger partial charge in [-0.05, 0) is 62.3 Å². The number of fused-ring (bicyclic) bond motifs is 3. The molecular weight excluding hydrogens is 414 g/mol. The molecule has 2 aromatic heterocycles. The number of carbonyl (C=O) groups excluding carboxylic acids is 2. The highest BCUT2D eigenvalue weighted by atomic mass is 32.1. The Balaban J connectivity index is 1.77. The van der Waals surface area contributed by atoms with Crippen LogP contribution in [0.3, 0.4) is 0 Å². The quantitative estimate of drug-likeness (QED) is 0.612. The van der Waals surface area contributed by atoms with Gasteiger partial charge in [0.25, 0.3) is 5.56 Å². The van der Waals surface area contributed by atoms with Gasteiger partial charge in [0.15, 0.2) is 0 Å². The summed E-state index contributed by atoms with van der Waals surface area (Å²) in [6, 6.07) is 7.38. The van der Waals surface area contributed by atoms with E-state index in [1.165, 1.54) is 11.3 Å². The summed E-state index contributed by atoms with van der Waals surface area (Å²) < 4.78 is 6.27. The van der Waals surface area contributed by atoms with Gasteiger partial charge in [-0.25, -0.2) is 9.78 Å². The number of nitrogens with one attached hydrogen (secondary N) is 1. The number of carbonyl (C=O) groups is 2. The van der Waals surface area contributed by atoms with Crippen molar-refractivity contribution in [2.75, 3.05) is 11.9 Å². The van der Waals surface area contributed by atoms with Crippen LogP contribution >= 0.6 is 11.3 Å². The Labute approximate surface area is 184 Å². The minimum absolute atomic E-state index is 0.134. The van der Waals surface area contributed by atoms with Crippen molar-refractivity contribution in [2.24, 2.45) is 5.92 Å². The number of hydrogen-bond acceptors (Lipinski definition) is 6. The Morgan fingerprint density at radius 1 is 1.35 bits per heavy atom. The van der Waals surface area contributed by atoms with E-state index in [1.54, 1.807) is 13.0 Å². The van der Waals surface area contributed by atoms with Crippen molar-refractivity contribution in [1.82, 2.24) is 9.55 Å². The first-order chi connectivity index (χ1) is 14.9. The molecule has 0 spiro atoms. The molecule has 1 aromatic carbocycles. The van der Waals surface area contributed by atoms with Gasteiger partial charge < -0.3 is 10.1 Å². The van der Waals surface area contributed by atoms with Crippen LogP contribution in [0, 0.1) is 12.8 Å². The normalized spacial score (nSPS) is 15.5. The Morgan fingerprint density at radius 2 is 2.16 bits per heavy atom. The van der Waals surface area contributed by atoms with Gasteiger partial charge in [-0.3, -0.25) is 14.2 Å². The van der Waals surface area contributed by atoms with E-state index in [0.29, 0.717) is 21.8 Å². The molecule has 0 aliphatic heterocycles. The average Bonchev–Trinajstić information content (AvgIpc) is 3.07. The van der Waals surface area contributed by atoms with Crippen LogP contribution in [-0.4, -0.2) is 28.0 Å². The fraction of sp³-hybridized carbons (Fsp3) is 0.391. The van der Waals surface area contributed by atoms with E-state index in [2.05, 4.69) is 17.2 Å². The van der Waals surface area contributed by atoms with Gasteiger partial charge >= 0.3 is 5.97 Å². The maximum atomic E-state index is 13.5. The van der Waals surface area contributed by atoms with Crippen molar-refractivity contribution < 1.29 is 14.3 Å². The lowest BCUT2D eigenvalue weighted by molar-refractivity contribution is -0.116. The molecule has 162 valence electrons. The van der Waals surface area contributed by atoms with Crippen molar-refractivity contribution in [1.29, 1.82) is 0 Å². The standard InChI is InChI=1S/C23H25N3O4S/c1-4-30-23(29)20-25-21-19(16-9-8-14(3)11-17(16)31-21)22(28)26(20)12-18(27)24-15-7-5-6-13(2)10-15/h5-7,10,14H,4,8-9,11-12H2,1-3H3,(H,24,27). The number of ether oxygens (including phenoxy) is 1. The Hall–Kier alpha value is -3.00. The van der Waals surface area contributed by atoms with Crippen molar-refractivity contribution in [3.05, 3.63) is 56.4 Å². The van der Waals surface area contributed by atoms with Crippen LogP contribution in [0.5, 0.6) is 0 Å². The van der Waals surface area contributed by atoms with Gasteiger partial charge in [0.05, 0.1) is 12.0 Å². The minimum atomic E-state index is -0.704. The zero-order valence-electron chi connectivity index (χ0n) is 17.9. The summed E-state index contributed by atoms with van der Waals surface area (Å²) in [5, 5.41) is 3.32. The minimum Gasteiger partial charge on any atom is -0.460 e. The van der Waals surface area contributed by atoms with Gasteiger partial charge in [-0.1, -0.05) is 19.1 Å². The number of aromatic nitrogens is 2. The number of benzene rings is 1. The van der Waals surface area contributed by atoms with Crippen molar-refractivity contribution in [3.8, 4) is 0 Å².